The zero-order valence-electron chi connectivity index (χ0n) is 11.6. The molecule has 0 bridgehead atoms. The number of rotatable bonds is 3. The molecule has 3 rings (SSSR count). The molecule has 0 unspecified atom stereocenters. The van der Waals surface area contributed by atoms with Crippen LogP contribution in [0.3, 0.4) is 0 Å². The summed E-state index contributed by atoms with van der Waals surface area (Å²) in [6.07, 6.45) is 0. The molecule has 93 valence electrons. The number of hydrogen-bond donors (Lipinski definition) is 0. The third-order valence-electron chi connectivity index (χ3n) is 3.04. The van der Waals surface area contributed by atoms with Crippen molar-refractivity contribution in [1.82, 2.24) is 0 Å². The monoisotopic (exact) mass is 301 g/mol. The molecule has 0 fully saturated rings. The van der Waals surface area contributed by atoms with Crippen molar-refractivity contribution < 1.29 is 0 Å². The Bertz CT molecular complexity index is 529. The Morgan fingerprint density at radius 3 is 0.900 bits per heavy atom. The second-order valence-corrected chi connectivity index (χ2v) is 6.56. The molecule has 0 N–H and O–H groups in total. The minimum Gasteiger partial charge on any atom is -0.0622 e. The van der Waals surface area contributed by atoms with Crippen molar-refractivity contribution >= 4 is 75.2 Å². The molecule has 0 atom stereocenters. The first kappa shape index (κ1) is 16.1. The molecule has 0 spiro atoms. The van der Waals surface area contributed by atoms with Crippen molar-refractivity contribution in [3.05, 3.63) is 91.0 Å². The van der Waals surface area contributed by atoms with Gasteiger partial charge in [0.2, 0.25) is 0 Å². The summed E-state index contributed by atoms with van der Waals surface area (Å²) in [6, 6.07) is 32.3. The van der Waals surface area contributed by atoms with Crippen LogP contribution in [0.4, 0.5) is 0 Å². The van der Waals surface area contributed by atoms with Crippen LogP contribution in [-0.2, 0) is 0 Å². The number of hydrogen-bond acceptors (Lipinski definition) is 0. The summed E-state index contributed by atoms with van der Waals surface area (Å²) in [6.45, 7) is 0. The molecule has 0 aromatic heterocycles. The first-order chi connectivity index (χ1) is 9.45. The van der Waals surface area contributed by atoms with E-state index in [0.717, 1.165) is 0 Å². The van der Waals surface area contributed by atoms with Crippen LogP contribution >= 0.6 is 7.92 Å². The van der Waals surface area contributed by atoms with E-state index >= 15 is 0 Å². The van der Waals surface area contributed by atoms with Gasteiger partial charge >= 0.3 is 0 Å². The minimum absolute atomic E-state index is 0. The topological polar surface area (TPSA) is 0 Å². The van der Waals surface area contributed by atoms with Gasteiger partial charge in [-0.15, -0.1) is 0 Å². The van der Waals surface area contributed by atoms with Gasteiger partial charge in [0.25, 0.3) is 0 Å². The zero-order valence-corrected chi connectivity index (χ0v) is 15.6. The van der Waals surface area contributed by atoms with Crippen molar-refractivity contribution in [2.24, 2.45) is 0 Å². The SMILES string of the molecule is [K].c1ccc(P(c2ccccc2)c2ccccc2)cc1. The van der Waals surface area contributed by atoms with Crippen LogP contribution in [0.15, 0.2) is 91.0 Å². The molecule has 3 aromatic carbocycles. The Kier molecular flexibility index (Phi) is 6.63. The number of benzene rings is 3. The fraction of sp³-hybridized carbons (Fsp3) is 0. The molecule has 0 heterocycles. The average Bonchev–Trinajstić information content (AvgIpc) is 2.51. The Balaban J connectivity index is 0.00000147. The maximum absolute atomic E-state index is 2.23. The van der Waals surface area contributed by atoms with Gasteiger partial charge < -0.3 is 0 Å². The molecule has 0 aliphatic heterocycles. The van der Waals surface area contributed by atoms with E-state index in [-0.39, 0.29) is 51.4 Å². The van der Waals surface area contributed by atoms with E-state index in [1.807, 2.05) is 0 Å². The standard InChI is InChI=1S/C18H15P.K/c1-4-10-16(11-5-1)19(17-12-6-2-7-13-17)18-14-8-3-9-15-18;/h1-15H;. The summed E-state index contributed by atoms with van der Waals surface area (Å²) < 4.78 is 0. The summed E-state index contributed by atoms with van der Waals surface area (Å²) in [5.41, 5.74) is 0. The van der Waals surface area contributed by atoms with Gasteiger partial charge in [-0.3, -0.25) is 0 Å². The predicted octanol–water partition coefficient (Wildman–Crippen LogP) is 3.06. The molecule has 0 aliphatic rings. The Morgan fingerprint density at radius 2 is 0.650 bits per heavy atom. The molecule has 3 aromatic rings. The second-order valence-electron chi connectivity index (χ2n) is 4.34. The molecule has 0 aliphatic carbocycles. The van der Waals surface area contributed by atoms with E-state index in [1.54, 1.807) is 0 Å². The van der Waals surface area contributed by atoms with Crippen LogP contribution in [0.2, 0.25) is 0 Å². The van der Waals surface area contributed by atoms with Crippen LogP contribution in [0, 0.1) is 0 Å². The summed E-state index contributed by atoms with van der Waals surface area (Å²) in [5, 5.41) is 4.19. The Morgan fingerprint density at radius 1 is 0.400 bits per heavy atom. The largest absolute Gasteiger partial charge is 0.0622 e. The molecular weight excluding hydrogens is 286 g/mol. The van der Waals surface area contributed by atoms with Crippen LogP contribution < -0.4 is 15.9 Å². The molecule has 0 saturated heterocycles. The van der Waals surface area contributed by atoms with E-state index in [9.17, 15) is 0 Å². The summed E-state index contributed by atoms with van der Waals surface area (Å²) in [4.78, 5) is 0. The molecule has 0 amide bonds. The molecule has 0 saturated carbocycles. The third kappa shape index (κ3) is 3.89. The van der Waals surface area contributed by atoms with Gasteiger partial charge in [-0.1, -0.05) is 91.0 Å². The van der Waals surface area contributed by atoms with Gasteiger partial charge in [-0.2, -0.15) is 0 Å². The Hall–Kier alpha value is -0.274. The van der Waals surface area contributed by atoms with Crippen LogP contribution in [0.1, 0.15) is 0 Å². The zero-order chi connectivity index (χ0) is 12.9. The van der Waals surface area contributed by atoms with Crippen molar-refractivity contribution in [3.63, 3.8) is 0 Å². The van der Waals surface area contributed by atoms with Crippen molar-refractivity contribution in [1.29, 1.82) is 0 Å². The normalized spacial score (nSPS) is 10.1. The summed E-state index contributed by atoms with van der Waals surface area (Å²) in [5.74, 6) is 0. The molecule has 2 heteroatoms. The minimum atomic E-state index is -0.446. The second kappa shape index (κ2) is 8.24. The maximum atomic E-state index is 2.23. The van der Waals surface area contributed by atoms with Gasteiger partial charge in [0.1, 0.15) is 0 Å². The van der Waals surface area contributed by atoms with Gasteiger partial charge in [0.15, 0.2) is 0 Å². The molecule has 0 nitrogen and oxygen atoms in total. The first-order valence-electron chi connectivity index (χ1n) is 6.40. The summed E-state index contributed by atoms with van der Waals surface area (Å²) >= 11 is 0. The fourth-order valence-corrected chi connectivity index (χ4v) is 4.48. The fourth-order valence-electron chi connectivity index (χ4n) is 2.18. The third-order valence-corrected chi connectivity index (χ3v) is 5.49. The summed E-state index contributed by atoms with van der Waals surface area (Å²) in [7, 11) is -0.446. The average molecular weight is 301 g/mol. The quantitative estimate of drug-likeness (QED) is 0.515. The van der Waals surface area contributed by atoms with Gasteiger partial charge in [0.05, 0.1) is 0 Å². The van der Waals surface area contributed by atoms with E-state index < -0.39 is 7.92 Å². The molecular formula is C18H15KP. The van der Waals surface area contributed by atoms with Gasteiger partial charge in [0, 0.05) is 51.4 Å². The molecule has 20 heavy (non-hydrogen) atoms. The van der Waals surface area contributed by atoms with E-state index in [2.05, 4.69) is 91.0 Å². The smallest absolute Gasteiger partial charge is 0 e. The van der Waals surface area contributed by atoms with Gasteiger partial charge in [-0.05, 0) is 23.8 Å². The Labute approximate surface area is 164 Å². The maximum Gasteiger partial charge on any atom is 0 e. The van der Waals surface area contributed by atoms with Crippen molar-refractivity contribution in [3.8, 4) is 0 Å². The van der Waals surface area contributed by atoms with Gasteiger partial charge in [-0.25, -0.2) is 0 Å². The van der Waals surface area contributed by atoms with Crippen LogP contribution in [-0.4, -0.2) is 51.4 Å². The van der Waals surface area contributed by atoms with E-state index in [0.29, 0.717) is 0 Å². The van der Waals surface area contributed by atoms with E-state index in [1.165, 1.54) is 15.9 Å². The van der Waals surface area contributed by atoms with E-state index in [4.69, 9.17) is 0 Å². The van der Waals surface area contributed by atoms with Crippen LogP contribution in [0.25, 0.3) is 0 Å². The molecule has 1 radical (unpaired) electrons. The van der Waals surface area contributed by atoms with Crippen molar-refractivity contribution in [2.45, 2.75) is 0 Å². The van der Waals surface area contributed by atoms with Crippen LogP contribution in [0.5, 0.6) is 0 Å². The predicted molar refractivity (Wildman–Crippen MR) is 90.9 cm³/mol. The van der Waals surface area contributed by atoms with Crippen molar-refractivity contribution in [2.75, 3.05) is 0 Å². The first-order valence-corrected chi connectivity index (χ1v) is 7.74.